The Balaban J connectivity index is 1.67. The zero-order valence-corrected chi connectivity index (χ0v) is 15.1. The van der Waals surface area contributed by atoms with Crippen LogP contribution in [-0.4, -0.2) is 29.8 Å². The number of carbonyl (C=O) groups is 2. The quantitative estimate of drug-likeness (QED) is 0.908. The van der Waals surface area contributed by atoms with Crippen molar-refractivity contribution in [2.45, 2.75) is 26.7 Å². The largest absolute Gasteiger partial charge is 0.338 e. The number of hydrogen-bond donors (Lipinski definition) is 1. The van der Waals surface area contributed by atoms with Crippen molar-refractivity contribution in [3.8, 4) is 0 Å². The van der Waals surface area contributed by atoms with Crippen LogP contribution in [0.2, 0.25) is 0 Å². The molecule has 0 bridgehead atoms. The molecule has 1 atom stereocenters. The summed E-state index contributed by atoms with van der Waals surface area (Å²) in [5.41, 5.74) is 3.44. The molecule has 2 amide bonds. The monoisotopic (exact) mass is 354 g/mol. The summed E-state index contributed by atoms with van der Waals surface area (Å²) >= 11 is 0. The Kier molecular flexibility index (Phi) is 5.35. The highest BCUT2D eigenvalue weighted by Gasteiger charge is 2.29. The maximum Gasteiger partial charge on any atom is 0.253 e. The maximum absolute atomic E-state index is 13.1. The summed E-state index contributed by atoms with van der Waals surface area (Å²) in [6, 6.07) is 11.3. The van der Waals surface area contributed by atoms with Crippen LogP contribution in [0.25, 0.3) is 0 Å². The van der Waals surface area contributed by atoms with Crippen LogP contribution < -0.4 is 5.32 Å². The first-order valence-electron chi connectivity index (χ1n) is 8.87. The molecule has 2 aromatic carbocycles. The smallest absolute Gasteiger partial charge is 0.253 e. The van der Waals surface area contributed by atoms with E-state index >= 15 is 0 Å². The number of carbonyl (C=O) groups excluding carboxylic acids is 2. The molecule has 0 saturated carbocycles. The molecular formula is C21H23FN2O2. The van der Waals surface area contributed by atoms with Gasteiger partial charge in [-0.1, -0.05) is 12.1 Å². The molecule has 1 aliphatic rings. The van der Waals surface area contributed by atoms with Crippen LogP contribution in [0.1, 0.15) is 34.3 Å². The summed E-state index contributed by atoms with van der Waals surface area (Å²) in [5, 5.41) is 3.00. The van der Waals surface area contributed by atoms with Crippen LogP contribution in [0.15, 0.2) is 42.5 Å². The van der Waals surface area contributed by atoms with Crippen molar-refractivity contribution in [2.75, 3.05) is 18.4 Å². The number of anilines is 1. The van der Waals surface area contributed by atoms with E-state index in [1.807, 2.05) is 32.0 Å². The molecule has 26 heavy (non-hydrogen) atoms. The molecule has 1 N–H and O–H groups in total. The second-order valence-corrected chi connectivity index (χ2v) is 6.83. The molecule has 0 aromatic heterocycles. The van der Waals surface area contributed by atoms with Crippen LogP contribution in [0.3, 0.4) is 0 Å². The van der Waals surface area contributed by atoms with Gasteiger partial charge < -0.3 is 10.2 Å². The Morgan fingerprint density at radius 2 is 1.85 bits per heavy atom. The number of halogens is 1. The van der Waals surface area contributed by atoms with Crippen molar-refractivity contribution in [2.24, 2.45) is 5.92 Å². The lowest BCUT2D eigenvalue weighted by Crippen LogP contribution is -2.43. The summed E-state index contributed by atoms with van der Waals surface area (Å²) in [5.74, 6) is -0.830. The number of hydrogen-bond acceptors (Lipinski definition) is 2. The van der Waals surface area contributed by atoms with E-state index in [0.29, 0.717) is 18.7 Å². The van der Waals surface area contributed by atoms with Gasteiger partial charge in [0.2, 0.25) is 5.91 Å². The van der Waals surface area contributed by atoms with Gasteiger partial charge in [0.15, 0.2) is 0 Å². The van der Waals surface area contributed by atoms with Crippen molar-refractivity contribution in [3.63, 3.8) is 0 Å². The first-order chi connectivity index (χ1) is 12.5. The normalized spacial score (nSPS) is 17.0. The molecule has 1 fully saturated rings. The van der Waals surface area contributed by atoms with E-state index in [0.717, 1.165) is 29.7 Å². The number of nitrogens with zero attached hydrogens (tertiary/aromatic N) is 1. The lowest BCUT2D eigenvalue weighted by molar-refractivity contribution is -0.121. The zero-order valence-electron chi connectivity index (χ0n) is 15.1. The molecule has 2 aromatic rings. The Labute approximate surface area is 153 Å². The summed E-state index contributed by atoms with van der Waals surface area (Å²) in [4.78, 5) is 27.0. The molecule has 1 unspecified atom stereocenters. The van der Waals surface area contributed by atoms with Gasteiger partial charge in [-0.25, -0.2) is 4.39 Å². The molecule has 4 nitrogen and oxygen atoms in total. The average Bonchev–Trinajstić information content (AvgIpc) is 2.65. The number of likely N-dealkylation sites (tertiary alicyclic amines) is 1. The van der Waals surface area contributed by atoms with Gasteiger partial charge in [-0.15, -0.1) is 0 Å². The standard InChI is InChI=1S/C21H23FN2O2/c1-14-5-3-7-19(15(14)2)23-20(25)17-6-4-12-24(13-17)21(26)16-8-10-18(22)11-9-16/h3,5,7-11,17H,4,6,12-13H2,1-2H3,(H,23,25). The lowest BCUT2D eigenvalue weighted by Gasteiger charge is -2.32. The van der Waals surface area contributed by atoms with Crippen molar-refractivity contribution in [3.05, 3.63) is 65.0 Å². The number of rotatable bonds is 3. The molecule has 1 saturated heterocycles. The average molecular weight is 354 g/mol. The van der Waals surface area contributed by atoms with Gasteiger partial charge in [-0.2, -0.15) is 0 Å². The second-order valence-electron chi connectivity index (χ2n) is 6.83. The fraction of sp³-hybridized carbons (Fsp3) is 0.333. The van der Waals surface area contributed by atoms with Gasteiger partial charge in [0, 0.05) is 24.3 Å². The van der Waals surface area contributed by atoms with Crippen molar-refractivity contribution in [1.82, 2.24) is 4.90 Å². The van der Waals surface area contributed by atoms with Gasteiger partial charge in [0.25, 0.3) is 5.91 Å². The summed E-state index contributed by atoms with van der Waals surface area (Å²) in [6.45, 7) is 4.99. The topological polar surface area (TPSA) is 49.4 Å². The number of amides is 2. The molecular weight excluding hydrogens is 331 g/mol. The SMILES string of the molecule is Cc1cccc(NC(=O)C2CCCN(C(=O)c3ccc(F)cc3)C2)c1C. The summed E-state index contributed by atoms with van der Waals surface area (Å²) in [6.07, 6.45) is 1.53. The number of nitrogens with one attached hydrogen (secondary N) is 1. The summed E-state index contributed by atoms with van der Waals surface area (Å²) in [7, 11) is 0. The molecule has 136 valence electrons. The van der Waals surface area contributed by atoms with E-state index in [9.17, 15) is 14.0 Å². The lowest BCUT2D eigenvalue weighted by atomic mass is 9.96. The van der Waals surface area contributed by atoms with Crippen LogP contribution >= 0.6 is 0 Å². The van der Waals surface area contributed by atoms with Gasteiger partial charge >= 0.3 is 0 Å². The van der Waals surface area contributed by atoms with Gasteiger partial charge in [0.05, 0.1) is 5.92 Å². The number of benzene rings is 2. The minimum Gasteiger partial charge on any atom is -0.338 e. The third kappa shape index (κ3) is 3.93. The first kappa shape index (κ1) is 18.1. The van der Waals surface area contributed by atoms with E-state index in [-0.39, 0.29) is 23.5 Å². The van der Waals surface area contributed by atoms with E-state index in [4.69, 9.17) is 0 Å². The van der Waals surface area contributed by atoms with E-state index < -0.39 is 0 Å². The van der Waals surface area contributed by atoms with Gasteiger partial charge in [-0.05, 0) is 68.1 Å². The van der Waals surface area contributed by atoms with E-state index in [1.54, 1.807) is 4.90 Å². The zero-order chi connectivity index (χ0) is 18.7. The molecule has 1 heterocycles. The predicted octanol–water partition coefficient (Wildman–Crippen LogP) is 3.93. The maximum atomic E-state index is 13.1. The highest BCUT2D eigenvalue weighted by Crippen LogP contribution is 2.23. The second kappa shape index (κ2) is 7.68. The van der Waals surface area contributed by atoms with Crippen molar-refractivity contribution < 1.29 is 14.0 Å². The molecule has 0 spiro atoms. The highest BCUT2D eigenvalue weighted by atomic mass is 19.1. The molecule has 3 rings (SSSR count). The van der Waals surface area contributed by atoms with Crippen LogP contribution in [0, 0.1) is 25.6 Å². The fourth-order valence-electron chi connectivity index (χ4n) is 3.27. The first-order valence-corrected chi connectivity index (χ1v) is 8.87. The predicted molar refractivity (Wildman–Crippen MR) is 99.6 cm³/mol. The molecule has 5 heteroatoms. The van der Waals surface area contributed by atoms with E-state index in [2.05, 4.69) is 5.32 Å². The third-order valence-corrected chi connectivity index (χ3v) is 5.03. The molecule has 1 aliphatic heterocycles. The molecule has 0 radical (unpaired) electrons. The fourth-order valence-corrected chi connectivity index (χ4v) is 3.27. The van der Waals surface area contributed by atoms with Crippen LogP contribution in [-0.2, 0) is 4.79 Å². The minimum atomic E-state index is -0.369. The van der Waals surface area contributed by atoms with E-state index in [1.165, 1.54) is 24.3 Å². The Morgan fingerprint density at radius 1 is 1.12 bits per heavy atom. The number of piperidine rings is 1. The highest BCUT2D eigenvalue weighted by molar-refractivity contribution is 5.96. The van der Waals surface area contributed by atoms with Crippen molar-refractivity contribution >= 4 is 17.5 Å². The van der Waals surface area contributed by atoms with Crippen LogP contribution in [0.4, 0.5) is 10.1 Å². The van der Waals surface area contributed by atoms with Crippen molar-refractivity contribution in [1.29, 1.82) is 0 Å². The Bertz CT molecular complexity index is 817. The van der Waals surface area contributed by atoms with Gasteiger partial charge in [-0.3, -0.25) is 9.59 Å². The third-order valence-electron chi connectivity index (χ3n) is 5.03. The minimum absolute atomic E-state index is 0.0599. The molecule has 0 aliphatic carbocycles. The van der Waals surface area contributed by atoms with Gasteiger partial charge in [0.1, 0.15) is 5.82 Å². The van der Waals surface area contributed by atoms with Crippen LogP contribution in [0.5, 0.6) is 0 Å². The summed E-state index contributed by atoms with van der Waals surface area (Å²) < 4.78 is 13.1. The number of aryl methyl sites for hydroxylation is 1. The Hall–Kier alpha value is -2.69. The Morgan fingerprint density at radius 3 is 2.58 bits per heavy atom.